The predicted molar refractivity (Wildman–Crippen MR) is 96.0 cm³/mol. The molecule has 4 rings (SSSR count). The minimum Gasteiger partial charge on any atom is -0.366 e. The van der Waals surface area contributed by atoms with Gasteiger partial charge in [0, 0.05) is 19.6 Å². The summed E-state index contributed by atoms with van der Waals surface area (Å²) < 4.78 is 20.1. The zero-order valence-electron chi connectivity index (χ0n) is 14.3. The Morgan fingerprint density at radius 3 is 2.88 bits per heavy atom. The van der Waals surface area contributed by atoms with Gasteiger partial charge in [0.15, 0.2) is 0 Å². The van der Waals surface area contributed by atoms with Gasteiger partial charge in [0.1, 0.15) is 24.7 Å². The number of rotatable bonds is 5. The van der Waals surface area contributed by atoms with Gasteiger partial charge >= 0.3 is 0 Å². The number of aromatic amines is 1. The van der Waals surface area contributed by atoms with Gasteiger partial charge in [-0.1, -0.05) is 36.4 Å². The lowest BCUT2D eigenvalue weighted by molar-refractivity contribution is 0.00864. The van der Waals surface area contributed by atoms with Gasteiger partial charge in [0.25, 0.3) is 0 Å². The molecule has 0 aliphatic carbocycles. The first-order valence-corrected chi connectivity index (χ1v) is 8.64. The van der Waals surface area contributed by atoms with Crippen molar-refractivity contribution in [2.45, 2.75) is 32.4 Å². The fourth-order valence-electron chi connectivity index (χ4n) is 3.37. The fourth-order valence-corrected chi connectivity index (χ4v) is 3.37. The molecule has 1 aliphatic heterocycles. The molecule has 0 bridgehead atoms. The molecule has 0 unspecified atom stereocenters. The van der Waals surface area contributed by atoms with E-state index in [4.69, 9.17) is 4.74 Å². The summed E-state index contributed by atoms with van der Waals surface area (Å²) in [7, 11) is 0. The Balaban J connectivity index is 1.35. The van der Waals surface area contributed by atoms with Crippen molar-refractivity contribution in [2.24, 2.45) is 0 Å². The number of aryl methyl sites for hydroxylation is 1. The number of nitrogens with one attached hydrogen (secondary N) is 1. The second-order valence-corrected chi connectivity index (χ2v) is 6.75. The average Bonchev–Trinajstić information content (AvgIpc) is 3.16. The molecule has 1 fully saturated rings. The quantitative estimate of drug-likeness (QED) is 0.772. The number of halogens is 1. The number of aromatic nitrogens is 2. The number of imidazole rings is 1. The van der Waals surface area contributed by atoms with Crippen molar-refractivity contribution < 1.29 is 9.13 Å². The van der Waals surface area contributed by atoms with E-state index in [0.29, 0.717) is 19.7 Å². The number of hydrogen-bond donors (Lipinski definition) is 1. The number of benzene rings is 2. The van der Waals surface area contributed by atoms with E-state index in [2.05, 4.69) is 33.1 Å². The van der Waals surface area contributed by atoms with Crippen LogP contribution in [0.5, 0.6) is 0 Å². The number of likely N-dealkylation sites (tertiary alicyclic amines) is 1. The summed E-state index contributed by atoms with van der Waals surface area (Å²) in [6.45, 7) is 4.13. The van der Waals surface area contributed by atoms with Crippen molar-refractivity contribution in [3.05, 3.63) is 65.5 Å². The first-order valence-electron chi connectivity index (χ1n) is 8.64. The van der Waals surface area contributed by atoms with Crippen LogP contribution in [-0.2, 0) is 17.9 Å². The van der Waals surface area contributed by atoms with Crippen molar-refractivity contribution in [1.82, 2.24) is 14.9 Å². The lowest BCUT2D eigenvalue weighted by Crippen LogP contribution is -2.24. The van der Waals surface area contributed by atoms with Crippen LogP contribution in [0.4, 0.5) is 4.39 Å². The summed E-state index contributed by atoms with van der Waals surface area (Å²) in [5, 5.41) is 0. The molecule has 1 aliphatic rings. The minimum atomic E-state index is -0.963. The highest BCUT2D eigenvalue weighted by atomic mass is 19.1. The molecule has 3 aromatic rings. The Kier molecular flexibility index (Phi) is 4.51. The third-order valence-electron chi connectivity index (χ3n) is 4.64. The van der Waals surface area contributed by atoms with Gasteiger partial charge in [-0.2, -0.15) is 0 Å². The summed E-state index contributed by atoms with van der Waals surface area (Å²) in [6.07, 6.45) is -1.37. The van der Waals surface area contributed by atoms with E-state index in [0.717, 1.165) is 23.4 Å². The monoisotopic (exact) mass is 339 g/mol. The van der Waals surface area contributed by atoms with E-state index >= 15 is 0 Å². The summed E-state index contributed by atoms with van der Waals surface area (Å²) in [4.78, 5) is 9.87. The molecule has 2 aromatic carbocycles. The number of nitrogens with zero attached hydrogens (tertiary/aromatic N) is 2. The van der Waals surface area contributed by atoms with Crippen molar-refractivity contribution in [3.8, 4) is 0 Å². The zero-order valence-corrected chi connectivity index (χ0v) is 14.3. The third-order valence-corrected chi connectivity index (χ3v) is 4.64. The fraction of sp³-hybridized carbons (Fsp3) is 0.350. The molecule has 130 valence electrons. The number of hydrogen-bond acceptors (Lipinski definition) is 3. The van der Waals surface area contributed by atoms with Crippen LogP contribution >= 0.6 is 0 Å². The summed E-state index contributed by atoms with van der Waals surface area (Å²) >= 11 is 0. The van der Waals surface area contributed by atoms with Gasteiger partial charge in [-0.15, -0.1) is 0 Å². The topological polar surface area (TPSA) is 41.1 Å². The molecule has 0 radical (unpaired) electrons. The van der Waals surface area contributed by atoms with Crippen LogP contribution in [0.25, 0.3) is 11.0 Å². The van der Waals surface area contributed by atoms with Crippen molar-refractivity contribution in [1.29, 1.82) is 0 Å². The molecule has 0 spiro atoms. The number of alkyl halides is 1. The van der Waals surface area contributed by atoms with Crippen molar-refractivity contribution in [2.75, 3.05) is 13.1 Å². The molecular weight excluding hydrogens is 317 g/mol. The van der Waals surface area contributed by atoms with Crippen LogP contribution in [0, 0.1) is 6.92 Å². The molecular formula is C20H22FN3O. The molecule has 25 heavy (non-hydrogen) atoms. The molecule has 0 saturated carbocycles. The van der Waals surface area contributed by atoms with Crippen LogP contribution in [0.2, 0.25) is 0 Å². The Morgan fingerprint density at radius 2 is 2.04 bits per heavy atom. The second-order valence-electron chi connectivity index (χ2n) is 6.75. The van der Waals surface area contributed by atoms with Gasteiger partial charge < -0.3 is 9.72 Å². The Hall–Kier alpha value is -2.24. The Bertz CT molecular complexity index is 849. The van der Waals surface area contributed by atoms with Gasteiger partial charge in [0.2, 0.25) is 0 Å². The second kappa shape index (κ2) is 6.94. The van der Waals surface area contributed by atoms with E-state index < -0.39 is 12.3 Å². The number of fused-ring (bicyclic) bond motifs is 1. The highest BCUT2D eigenvalue weighted by molar-refractivity contribution is 5.75. The minimum absolute atomic E-state index is 0.304. The highest BCUT2D eigenvalue weighted by Crippen LogP contribution is 2.21. The van der Waals surface area contributed by atoms with Gasteiger partial charge in [-0.3, -0.25) is 4.90 Å². The van der Waals surface area contributed by atoms with E-state index in [1.165, 1.54) is 11.1 Å². The first-order chi connectivity index (χ1) is 12.2. The van der Waals surface area contributed by atoms with Crippen LogP contribution in [0.15, 0.2) is 48.5 Å². The van der Waals surface area contributed by atoms with E-state index in [1.807, 2.05) is 37.3 Å². The molecule has 5 heteroatoms. The lowest BCUT2D eigenvalue weighted by Gasteiger charge is -2.15. The molecule has 2 heterocycles. The van der Waals surface area contributed by atoms with Crippen molar-refractivity contribution >= 4 is 11.0 Å². The number of H-pyrrole nitrogens is 1. The Morgan fingerprint density at radius 1 is 1.20 bits per heavy atom. The maximum Gasteiger partial charge on any atom is 0.140 e. The molecule has 1 N–H and O–H groups in total. The molecule has 0 amide bonds. The standard InChI is InChI=1S/C20H22FN3O/c1-14-7-8-17-18(9-14)23-20(22-17)13-25-19-12-24(11-16(19)21)10-15-5-3-2-4-6-15/h2-9,16,19H,10-13H2,1H3,(H,22,23)/t16-,19+/m1/s1. The van der Waals surface area contributed by atoms with Gasteiger partial charge in [-0.25, -0.2) is 9.37 Å². The first kappa shape index (κ1) is 16.2. The third kappa shape index (κ3) is 3.72. The van der Waals surface area contributed by atoms with Gasteiger partial charge in [0.05, 0.1) is 11.0 Å². The summed E-state index contributed by atoms with van der Waals surface area (Å²) in [6, 6.07) is 16.2. The molecule has 4 nitrogen and oxygen atoms in total. The largest absolute Gasteiger partial charge is 0.366 e. The molecule has 2 atom stereocenters. The van der Waals surface area contributed by atoms with Crippen molar-refractivity contribution in [3.63, 3.8) is 0 Å². The predicted octanol–water partition coefficient (Wildman–Crippen LogP) is 3.61. The summed E-state index contributed by atoms with van der Waals surface area (Å²) in [5.41, 5.74) is 4.29. The Labute approximate surface area is 146 Å². The van der Waals surface area contributed by atoms with E-state index in [9.17, 15) is 4.39 Å². The number of ether oxygens (including phenoxy) is 1. The highest BCUT2D eigenvalue weighted by Gasteiger charge is 2.33. The van der Waals surface area contributed by atoms with Gasteiger partial charge in [-0.05, 0) is 30.2 Å². The maximum absolute atomic E-state index is 14.3. The van der Waals surface area contributed by atoms with Crippen LogP contribution in [0.1, 0.15) is 17.0 Å². The molecule has 1 aromatic heterocycles. The van der Waals surface area contributed by atoms with Crippen LogP contribution < -0.4 is 0 Å². The normalized spacial score (nSPS) is 21.2. The maximum atomic E-state index is 14.3. The van der Waals surface area contributed by atoms with Crippen LogP contribution in [0.3, 0.4) is 0 Å². The van der Waals surface area contributed by atoms with Crippen LogP contribution in [-0.4, -0.2) is 40.2 Å². The van der Waals surface area contributed by atoms with E-state index in [-0.39, 0.29) is 0 Å². The zero-order chi connectivity index (χ0) is 17.2. The van der Waals surface area contributed by atoms with E-state index in [1.54, 1.807) is 0 Å². The lowest BCUT2D eigenvalue weighted by atomic mass is 10.2. The molecule has 1 saturated heterocycles. The SMILES string of the molecule is Cc1ccc2nc(CO[C@H]3CN(Cc4ccccc4)C[C@H]3F)[nH]c2c1. The smallest absolute Gasteiger partial charge is 0.140 e. The summed E-state index contributed by atoms with van der Waals surface area (Å²) in [5.74, 6) is 0.745. The average molecular weight is 339 g/mol.